The molecule has 0 N–H and O–H groups in total. The number of rotatable bonds is 16. The van der Waals surface area contributed by atoms with Crippen LogP contribution in [0.15, 0.2) is 12.2 Å². The van der Waals surface area contributed by atoms with E-state index < -0.39 is 11.9 Å². The summed E-state index contributed by atoms with van der Waals surface area (Å²) in [5.41, 5.74) is 0. The first-order valence-corrected chi connectivity index (χ1v) is 9.72. The lowest BCUT2D eigenvalue weighted by atomic mass is 10.1. The second kappa shape index (κ2) is 18.0. The minimum Gasteiger partial charge on any atom is -0.463 e. The number of ether oxygens (including phenoxy) is 2. The van der Waals surface area contributed by atoms with Crippen LogP contribution in [-0.4, -0.2) is 25.2 Å². The van der Waals surface area contributed by atoms with Crippen LogP contribution >= 0.6 is 0 Å². The predicted molar refractivity (Wildman–Crippen MR) is 97.8 cm³/mol. The largest absolute Gasteiger partial charge is 0.463 e. The summed E-state index contributed by atoms with van der Waals surface area (Å²) in [5.74, 6) is -0.944. The normalized spacial score (nSPS) is 10.9. The minimum atomic E-state index is -0.472. The molecule has 0 spiro atoms. The van der Waals surface area contributed by atoms with Crippen molar-refractivity contribution in [3.8, 4) is 0 Å². The quantitative estimate of drug-likeness (QED) is 0.216. The van der Waals surface area contributed by atoms with Crippen LogP contribution in [0.25, 0.3) is 0 Å². The fourth-order valence-electron chi connectivity index (χ4n) is 2.34. The minimum absolute atomic E-state index is 0.419. The van der Waals surface area contributed by atoms with Crippen molar-refractivity contribution in [2.45, 2.75) is 90.9 Å². The lowest BCUT2D eigenvalue weighted by Crippen LogP contribution is -2.06. The van der Waals surface area contributed by atoms with Gasteiger partial charge in [-0.2, -0.15) is 0 Å². The van der Waals surface area contributed by atoms with Crippen molar-refractivity contribution in [3.63, 3.8) is 0 Å². The number of carbonyl (C=O) groups is 2. The van der Waals surface area contributed by atoms with Gasteiger partial charge in [-0.15, -0.1) is 0 Å². The average Bonchev–Trinajstić information content (AvgIpc) is 2.58. The fourth-order valence-corrected chi connectivity index (χ4v) is 2.34. The molecule has 0 aromatic rings. The van der Waals surface area contributed by atoms with Gasteiger partial charge >= 0.3 is 11.9 Å². The molecule has 0 unspecified atom stereocenters. The first kappa shape index (κ1) is 22.7. The van der Waals surface area contributed by atoms with Crippen LogP contribution in [-0.2, 0) is 19.1 Å². The third-order valence-electron chi connectivity index (χ3n) is 3.84. The van der Waals surface area contributed by atoms with Crippen LogP contribution in [0.4, 0.5) is 0 Å². The summed E-state index contributed by atoms with van der Waals surface area (Å²) in [6.07, 6.45) is 16.1. The zero-order chi connectivity index (χ0) is 17.9. The van der Waals surface area contributed by atoms with E-state index in [1.165, 1.54) is 51.4 Å². The zero-order valence-electron chi connectivity index (χ0n) is 15.7. The van der Waals surface area contributed by atoms with Gasteiger partial charge in [0.1, 0.15) is 0 Å². The summed E-state index contributed by atoms with van der Waals surface area (Å²) in [6, 6.07) is 0. The maximum atomic E-state index is 11.4. The molecule has 0 aliphatic carbocycles. The smallest absolute Gasteiger partial charge is 0.331 e. The Balaban J connectivity index is 3.48. The molecule has 0 aromatic carbocycles. The summed E-state index contributed by atoms with van der Waals surface area (Å²) >= 11 is 0. The van der Waals surface area contributed by atoms with E-state index in [1.54, 1.807) is 0 Å². The molecule has 140 valence electrons. The van der Waals surface area contributed by atoms with E-state index in [4.69, 9.17) is 9.47 Å². The lowest BCUT2D eigenvalue weighted by Gasteiger charge is -2.03. The molecular weight excluding hydrogens is 304 g/mol. The van der Waals surface area contributed by atoms with Gasteiger partial charge in [0.2, 0.25) is 0 Å². The van der Waals surface area contributed by atoms with E-state index in [9.17, 15) is 9.59 Å². The molecule has 0 saturated carbocycles. The van der Waals surface area contributed by atoms with Crippen LogP contribution < -0.4 is 0 Å². The highest BCUT2D eigenvalue weighted by Crippen LogP contribution is 2.06. The van der Waals surface area contributed by atoms with Gasteiger partial charge < -0.3 is 9.47 Å². The summed E-state index contributed by atoms with van der Waals surface area (Å²) in [7, 11) is 0. The molecular formula is C20H36O4. The number of carbonyl (C=O) groups excluding carboxylic acids is 2. The second-order valence-corrected chi connectivity index (χ2v) is 6.20. The average molecular weight is 341 g/mol. The standard InChI is InChI=1S/C20H36O4/c1-3-5-7-9-11-13-17-23-19(21)15-16-20(22)24-18-14-12-10-8-6-4-2/h15-16H,3-14,17-18H2,1-2H3. The Morgan fingerprint density at radius 1 is 0.583 bits per heavy atom. The molecule has 24 heavy (non-hydrogen) atoms. The van der Waals surface area contributed by atoms with Crippen molar-refractivity contribution in [1.29, 1.82) is 0 Å². The fraction of sp³-hybridized carbons (Fsp3) is 0.800. The number of hydrogen-bond donors (Lipinski definition) is 0. The van der Waals surface area contributed by atoms with Crippen LogP contribution in [0.2, 0.25) is 0 Å². The highest BCUT2D eigenvalue weighted by atomic mass is 16.5. The summed E-state index contributed by atoms with van der Waals surface area (Å²) < 4.78 is 10.1. The second-order valence-electron chi connectivity index (χ2n) is 6.20. The molecule has 0 heterocycles. The van der Waals surface area contributed by atoms with Crippen molar-refractivity contribution >= 4 is 11.9 Å². The molecule has 0 bridgehead atoms. The molecule has 0 aliphatic rings. The Morgan fingerprint density at radius 2 is 0.917 bits per heavy atom. The van der Waals surface area contributed by atoms with Gasteiger partial charge in [0.15, 0.2) is 0 Å². The van der Waals surface area contributed by atoms with Crippen molar-refractivity contribution in [3.05, 3.63) is 12.2 Å². The number of esters is 2. The van der Waals surface area contributed by atoms with Crippen LogP contribution in [0.5, 0.6) is 0 Å². The van der Waals surface area contributed by atoms with Gasteiger partial charge in [0, 0.05) is 12.2 Å². The van der Waals surface area contributed by atoms with Crippen molar-refractivity contribution in [1.82, 2.24) is 0 Å². The highest BCUT2D eigenvalue weighted by molar-refractivity contribution is 5.91. The van der Waals surface area contributed by atoms with E-state index in [-0.39, 0.29) is 0 Å². The van der Waals surface area contributed by atoms with E-state index in [2.05, 4.69) is 13.8 Å². The van der Waals surface area contributed by atoms with E-state index >= 15 is 0 Å². The SMILES string of the molecule is CCCCCCCCOC(=O)C=CC(=O)OCCCCCCCC. The maximum absolute atomic E-state index is 11.4. The van der Waals surface area contributed by atoms with Gasteiger partial charge in [0.25, 0.3) is 0 Å². The van der Waals surface area contributed by atoms with Crippen molar-refractivity contribution in [2.75, 3.05) is 13.2 Å². The summed E-state index contributed by atoms with van der Waals surface area (Å²) in [6.45, 7) is 5.21. The lowest BCUT2D eigenvalue weighted by molar-refractivity contribution is -0.140. The topological polar surface area (TPSA) is 52.6 Å². The first-order valence-electron chi connectivity index (χ1n) is 9.72. The predicted octanol–water partition coefficient (Wildman–Crippen LogP) is 5.35. The van der Waals surface area contributed by atoms with Crippen LogP contribution in [0.1, 0.15) is 90.9 Å². The molecule has 4 heteroatoms. The molecule has 0 rings (SSSR count). The van der Waals surface area contributed by atoms with Crippen LogP contribution in [0.3, 0.4) is 0 Å². The van der Waals surface area contributed by atoms with Gasteiger partial charge in [-0.05, 0) is 12.8 Å². The van der Waals surface area contributed by atoms with Gasteiger partial charge in [0.05, 0.1) is 13.2 Å². The molecule has 0 radical (unpaired) electrons. The maximum Gasteiger partial charge on any atom is 0.331 e. The molecule has 0 aliphatic heterocycles. The molecule has 0 atom stereocenters. The Hall–Kier alpha value is -1.32. The highest BCUT2D eigenvalue weighted by Gasteiger charge is 2.01. The molecule has 4 nitrogen and oxygen atoms in total. The number of unbranched alkanes of at least 4 members (excludes halogenated alkanes) is 10. The van der Waals surface area contributed by atoms with E-state index in [0.29, 0.717) is 13.2 Å². The van der Waals surface area contributed by atoms with Crippen LogP contribution in [0, 0.1) is 0 Å². The molecule has 0 saturated heterocycles. The Morgan fingerprint density at radius 3 is 1.29 bits per heavy atom. The Bertz CT molecular complexity index is 305. The first-order chi connectivity index (χ1) is 11.7. The van der Waals surface area contributed by atoms with E-state index in [1.807, 2.05) is 0 Å². The number of hydrogen-bond acceptors (Lipinski definition) is 4. The van der Waals surface area contributed by atoms with Gasteiger partial charge in [-0.1, -0.05) is 78.1 Å². The molecule has 0 fully saturated rings. The third kappa shape index (κ3) is 17.0. The van der Waals surface area contributed by atoms with Gasteiger partial charge in [-0.25, -0.2) is 9.59 Å². The van der Waals surface area contributed by atoms with E-state index in [0.717, 1.165) is 37.8 Å². The van der Waals surface area contributed by atoms with Gasteiger partial charge in [-0.3, -0.25) is 0 Å². The van der Waals surface area contributed by atoms with Crippen molar-refractivity contribution < 1.29 is 19.1 Å². The third-order valence-corrected chi connectivity index (χ3v) is 3.84. The summed E-state index contributed by atoms with van der Waals surface area (Å²) in [4.78, 5) is 22.9. The molecule has 0 amide bonds. The Kier molecular flexibility index (Phi) is 17.0. The summed E-state index contributed by atoms with van der Waals surface area (Å²) in [5, 5.41) is 0. The molecule has 0 aromatic heterocycles. The zero-order valence-corrected chi connectivity index (χ0v) is 15.7. The monoisotopic (exact) mass is 340 g/mol. The van der Waals surface area contributed by atoms with Crippen molar-refractivity contribution in [2.24, 2.45) is 0 Å². The Labute approximate surface area is 148 Å².